The van der Waals surface area contributed by atoms with E-state index in [1.54, 1.807) is 12.1 Å². The van der Waals surface area contributed by atoms with Crippen LogP contribution in [-0.2, 0) is 13.0 Å². The van der Waals surface area contributed by atoms with Gasteiger partial charge in [0.25, 0.3) is 0 Å². The number of phenolic OH excluding ortho intramolecular Hbond substituents is 1. The molecule has 0 spiro atoms. The Balaban J connectivity index is 2.00. The minimum absolute atomic E-state index is 0.306. The first-order chi connectivity index (χ1) is 11.6. The van der Waals surface area contributed by atoms with Gasteiger partial charge < -0.3 is 15.3 Å². The molecule has 128 valence electrons. The summed E-state index contributed by atoms with van der Waals surface area (Å²) in [4.78, 5) is 6.86. The van der Waals surface area contributed by atoms with Gasteiger partial charge in [0.15, 0.2) is 5.96 Å². The first kappa shape index (κ1) is 17.9. The second-order valence-electron chi connectivity index (χ2n) is 5.94. The molecule has 2 N–H and O–H groups in total. The number of nitrogens with one attached hydrogen (secondary N) is 1. The molecular formula is C20H27N3O. The predicted octanol–water partition coefficient (Wildman–Crippen LogP) is 3.34. The van der Waals surface area contributed by atoms with Crippen molar-refractivity contribution in [1.82, 2.24) is 10.2 Å². The van der Waals surface area contributed by atoms with Gasteiger partial charge >= 0.3 is 0 Å². The van der Waals surface area contributed by atoms with Gasteiger partial charge in [-0.3, -0.25) is 4.99 Å². The molecular weight excluding hydrogens is 298 g/mol. The molecule has 0 saturated heterocycles. The van der Waals surface area contributed by atoms with Crippen LogP contribution in [0.5, 0.6) is 5.75 Å². The Kier molecular flexibility index (Phi) is 6.67. The Morgan fingerprint density at radius 2 is 1.96 bits per heavy atom. The van der Waals surface area contributed by atoms with Crippen molar-refractivity contribution in [3.8, 4) is 5.75 Å². The van der Waals surface area contributed by atoms with Gasteiger partial charge in [0.1, 0.15) is 5.75 Å². The highest BCUT2D eigenvalue weighted by Gasteiger charge is 2.07. The minimum Gasteiger partial charge on any atom is -0.508 e. The van der Waals surface area contributed by atoms with Crippen LogP contribution in [0, 0.1) is 6.92 Å². The lowest BCUT2D eigenvalue weighted by atomic mass is 10.1. The number of benzene rings is 2. The summed E-state index contributed by atoms with van der Waals surface area (Å²) in [6.07, 6.45) is 0.807. The summed E-state index contributed by atoms with van der Waals surface area (Å²) in [5.41, 5.74) is 3.69. The van der Waals surface area contributed by atoms with E-state index in [1.165, 1.54) is 11.1 Å². The van der Waals surface area contributed by atoms with Crippen LogP contribution in [0.3, 0.4) is 0 Å². The van der Waals surface area contributed by atoms with Crippen molar-refractivity contribution in [2.75, 3.05) is 20.1 Å². The average Bonchev–Trinajstić information content (AvgIpc) is 2.56. The molecule has 0 aliphatic heterocycles. The van der Waals surface area contributed by atoms with E-state index in [4.69, 9.17) is 4.99 Å². The maximum absolute atomic E-state index is 9.53. The summed E-state index contributed by atoms with van der Waals surface area (Å²) in [6.45, 7) is 6.55. The van der Waals surface area contributed by atoms with Gasteiger partial charge in [-0.2, -0.15) is 0 Å². The van der Waals surface area contributed by atoms with Crippen molar-refractivity contribution in [3.05, 3.63) is 65.2 Å². The van der Waals surface area contributed by atoms with Crippen LogP contribution in [0.4, 0.5) is 0 Å². The highest BCUT2D eigenvalue weighted by Crippen LogP contribution is 2.12. The summed E-state index contributed by atoms with van der Waals surface area (Å²) in [6, 6.07) is 15.8. The summed E-state index contributed by atoms with van der Waals surface area (Å²) in [7, 11) is 2.06. The van der Waals surface area contributed by atoms with Gasteiger partial charge in [-0.15, -0.1) is 0 Å². The Morgan fingerprint density at radius 1 is 1.17 bits per heavy atom. The molecule has 0 aromatic heterocycles. The summed E-state index contributed by atoms with van der Waals surface area (Å²) >= 11 is 0. The number of nitrogens with zero attached hydrogens (tertiary/aromatic N) is 2. The molecule has 0 radical (unpaired) electrons. The van der Waals surface area contributed by atoms with E-state index in [1.807, 2.05) is 12.1 Å². The quantitative estimate of drug-likeness (QED) is 0.632. The number of aromatic hydroxyl groups is 1. The molecule has 2 aromatic rings. The lowest BCUT2D eigenvalue weighted by Gasteiger charge is -2.23. The second kappa shape index (κ2) is 8.96. The van der Waals surface area contributed by atoms with Gasteiger partial charge in [-0.05, 0) is 49.1 Å². The minimum atomic E-state index is 0.306. The molecule has 0 fully saturated rings. The van der Waals surface area contributed by atoms with E-state index in [9.17, 15) is 5.11 Å². The molecule has 0 saturated carbocycles. The predicted molar refractivity (Wildman–Crippen MR) is 100 cm³/mol. The van der Waals surface area contributed by atoms with Crippen LogP contribution in [0.1, 0.15) is 23.6 Å². The Labute approximate surface area is 144 Å². The van der Waals surface area contributed by atoms with Crippen molar-refractivity contribution in [1.29, 1.82) is 0 Å². The van der Waals surface area contributed by atoms with Crippen molar-refractivity contribution in [2.45, 2.75) is 26.8 Å². The normalized spacial score (nSPS) is 11.4. The third-order valence-corrected chi connectivity index (χ3v) is 3.94. The molecule has 0 unspecified atom stereocenters. The highest BCUT2D eigenvalue weighted by atomic mass is 16.3. The molecule has 0 amide bonds. The number of hydrogen-bond donors (Lipinski definition) is 2. The molecule has 4 heteroatoms. The second-order valence-corrected chi connectivity index (χ2v) is 5.94. The molecule has 0 aliphatic rings. The molecule has 0 heterocycles. The van der Waals surface area contributed by atoms with Crippen LogP contribution in [0.25, 0.3) is 0 Å². The Morgan fingerprint density at radius 3 is 2.67 bits per heavy atom. The van der Waals surface area contributed by atoms with E-state index < -0.39 is 0 Å². The van der Waals surface area contributed by atoms with Crippen LogP contribution < -0.4 is 5.32 Å². The fraction of sp³-hybridized carbons (Fsp3) is 0.350. The summed E-state index contributed by atoms with van der Waals surface area (Å²) < 4.78 is 0. The van der Waals surface area contributed by atoms with Gasteiger partial charge in [0.05, 0.1) is 0 Å². The van der Waals surface area contributed by atoms with E-state index in [0.29, 0.717) is 12.3 Å². The van der Waals surface area contributed by atoms with E-state index in [-0.39, 0.29) is 0 Å². The maximum Gasteiger partial charge on any atom is 0.193 e. The van der Waals surface area contributed by atoms with Gasteiger partial charge in [-0.1, -0.05) is 36.4 Å². The molecule has 0 aliphatic carbocycles. The Hall–Kier alpha value is -2.49. The molecule has 2 aromatic carbocycles. The van der Waals surface area contributed by atoms with Crippen molar-refractivity contribution in [3.63, 3.8) is 0 Å². The summed E-state index contributed by atoms with van der Waals surface area (Å²) in [5, 5.41) is 12.9. The average molecular weight is 325 g/mol. The Bertz CT molecular complexity index is 682. The van der Waals surface area contributed by atoms with Gasteiger partial charge in [-0.25, -0.2) is 0 Å². The number of aryl methyl sites for hydroxylation is 1. The van der Waals surface area contributed by atoms with Gasteiger partial charge in [0.2, 0.25) is 0 Å². The lowest BCUT2D eigenvalue weighted by molar-refractivity contribution is 0.473. The largest absolute Gasteiger partial charge is 0.508 e. The topological polar surface area (TPSA) is 47.9 Å². The standard InChI is InChI=1S/C20H27N3O/c1-4-21-20(22-13-12-17-9-7-11-19(24)14-17)23(3)15-18-10-6-5-8-16(18)2/h5-11,14,24H,4,12-13,15H2,1-3H3,(H,21,22). The number of phenols is 1. The molecule has 2 rings (SSSR count). The number of hydrogen-bond acceptors (Lipinski definition) is 2. The highest BCUT2D eigenvalue weighted by molar-refractivity contribution is 5.79. The van der Waals surface area contributed by atoms with Crippen LogP contribution in [0.2, 0.25) is 0 Å². The zero-order valence-electron chi connectivity index (χ0n) is 14.8. The van der Waals surface area contributed by atoms with Crippen molar-refractivity contribution in [2.24, 2.45) is 4.99 Å². The third kappa shape index (κ3) is 5.30. The zero-order chi connectivity index (χ0) is 17.4. The smallest absolute Gasteiger partial charge is 0.193 e. The van der Waals surface area contributed by atoms with Gasteiger partial charge in [0, 0.05) is 26.7 Å². The van der Waals surface area contributed by atoms with Crippen molar-refractivity contribution >= 4 is 5.96 Å². The van der Waals surface area contributed by atoms with Crippen LogP contribution >= 0.6 is 0 Å². The molecule has 24 heavy (non-hydrogen) atoms. The molecule has 4 nitrogen and oxygen atoms in total. The monoisotopic (exact) mass is 325 g/mol. The zero-order valence-corrected chi connectivity index (χ0v) is 14.8. The fourth-order valence-corrected chi connectivity index (χ4v) is 2.59. The van der Waals surface area contributed by atoms with E-state index >= 15 is 0 Å². The fourth-order valence-electron chi connectivity index (χ4n) is 2.59. The third-order valence-electron chi connectivity index (χ3n) is 3.94. The van der Waals surface area contributed by atoms with E-state index in [2.05, 4.69) is 55.4 Å². The van der Waals surface area contributed by atoms with Crippen LogP contribution in [0.15, 0.2) is 53.5 Å². The number of guanidine groups is 1. The maximum atomic E-state index is 9.53. The summed E-state index contributed by atoms with van der Waals surface area (Å²) in [5.74, 6) is 1.21. The number of rotatable bonds is 6. The molecule has 0 bridgehead atoms. The first-order valence-corrected chi connectivity index (χ1v) is 8.42. The van der Waals surface area contributed by atoms with E-state index in [0.717, 1.165) is 31.0 Å². The van der Waals surface area contributed by atoms with Crippen molar-refractivity contribution < 1.29 is 5.11 Å². The lowest BCUT2D eigenvalue weighted by Crippen LogP contribution is -2.38. The molecule has 0 atom stereocenters. The SMILES string of the molecule is CCNC(=NCCc1cccc(O)c1)N(C)Cc1ccccc1C. The number of aliphatic imine (C=N–C) groups is 1. The van der Waals surface area contributed by atoms with Crippen LogP contribution in [-0.4, -0.2) is 36.1 Å². The first-order valence-electron chi connectivity index (χ1n) is 8.42.